The Morgan fingerprint density at radius 1 is 1.19 bits per heavy atom. The van der Waals surface area contributed by atoms with Gasteiger partial charge >= 0.3 is 6.09 Å². The first-order valence-electron chi connectivity index (χ1n) is 8.37. The monoisotopic (exact) mass is 369 g/mol. The van der Waals surface area contributed by atoms with Crippen LogP contribution in [-0.4, -0.2) is 30.7 Å². The van der Waals surface area contributed by atoms with Crippen LogP contribution in [0.5, 0.6) is 0 Å². The zero-order chi connectivity index (χ0) is 19.6. The summed E-state index contributed by atoms with van der Waals surface area (Å²) < 4.78 is 15.3. The molecule has 0 bridgehead atoms. The van der Waals surface area contributed by atoms with Crippen molar-refractivity contribution in [1.82, 2.24) is 19.5 Å². The molecule has 1 amide bonds. The van der Waals surface area contributed by atoms with Gasteiger partial charge in [-0.05, 0) is 35.7 Å². The zero-order valence-corrected chi connectivity index (χ0v) is 15.3. The topological polar surface area (TPSA) is 92.9 Å². The third-order valence-corrected chi connectivity index (χ3v) is 3.72. The molecule has 8 heteroatoms. The molecule has 2 N–H and O–H groups in total. The highest BCUT2D eigenvalue weighted by Gasteiger charge is 2.21. The number of carbonyl (C=O) groups is 1. The van der Waals surface area contributed by atoms with Crippen molar-refractivity contribution in [2.24, 2.45) is 5.41 Å². The number of anilines is 1. The third-order valence-electron chi connectivity index (χ3n) is 3.72. The lowest BCUT2D eigenvalue weighted by atomic mass is 9.96. The second kappa shape index (κ2) is 7.14. The fourth-order valence-electron chi connectivity index (χ4n) is 2.75. The summed E-state index contributed by atoms with van der Waals surface area (Å²) in [6, 6.07) is 7.75. The van der Waals surface area contributed by atoms with Crippen LogP contribution in [0.15, 0.2) is 42.9 Å². The van der Waals surface area contributed by atoms with Gasteiger partial charge in [0.2, 0.25) is 5.95 Å². The number of nitrogens with zero attached hydrogens (tertiary/aromatic N) is 4. The van der Waals surface area contributed by atoms with Crippen LogP contribution in [0.25, 0.3) is 22.6 Å². The van der Waals surface area contributed by atoms with E-state index in [4.69, 9.17) is 5.11 Å². The van der Waals surface area contributed by atoms with Gasteiger partial charge in [-0.2, -0.15) is 0 Å². The standard InChI is InChI=1S/C19H20FN5O2/c1-19(2,3)10-25-11-22-15(12-4-6-13(20)7-5-12)16(25)14-8-9-21-17(23-14)24-18(26)27/h4-9,11H,10H2,1-3H3,(H,26,27)(H,21,23,24). The summed E-state index contributed by atoms with van der Waals surface area (Å²) in [4.78, 5) is 23.6. The van der Waals surface area contributed by atoms with E-state index in [1.165, 1.54) is 18.3 Å². The molecule has 0 atom stereocenters. The highest BCUT2D eigenvalue weighted by molar-refractivity contribution is 5.81. The molecule has 0 unspecified atom stereocenters. The van der Waals surface area contributed by atoms with E-state index in [1.54, 1.807) is 24.5 Å². The Morgan fingerprint density at radius 3 is 2.52 bits per heavy atom. The number of imidazole rings is 1. The van der Waals surface area contributed by atoms with Crippen molar-refractivity contribution in [2.45, 2.75) is 27.3 Å². The Hall–Kier alpha value is -3.29. The first-order valence-corrected chi connectivity index (χ1v) is 8.37. The highest BCUT2D eigenvalue weighted by atomic mass is 19.1. The van der Waals surface area contributed by atoms with Crippen LogP contribution in [0.3, 0.4) is 0 Å². The first kappa shape index (κ1) is 18.5. The number of amides is 1. The Morgan fingerprint density at radius 2 is 1.89 bits per heavy atom. The van der Waals surface area contributed by atoms with Crippen LogP contribution in [0.4, 0.5) is 15.1 Å². The van der Waals surface area contributed by atoms with Crippen LogP contribution in [-0.2, 0) is 6.54 Å². The minimum atomic E-state index is -1.24. The van der Waals surface area contributed by atoms with Crippen LogP contribution in [0, 0.1) is 11.2 Å². The summed E-state index contributed by atoms with van der Waals surface area (Å²) in [6.45, 7) is 6.98. The number of hydrogen-bond donors (Lipinski definition) is 2. The van der Waals surface area contributed by atoms with Crippen molar-refractivity contribution in [3.63, 3.8) is 0 Å². The summed E-state index contributed by atoms with van der Waals surface area (Å²) in [5.74, 6) is -0.349. The molecule has 0 aliphatic rings. The Kier molecular flexibility index (Phi) is 4.89. The van der Waals surface area contributed by atoms with Gasteiger partial charge in [-0.15, -0.1) is 0 Å². The van der Waals surface area contributed by atoms with Crippen molar-refractivity contribution >= 4 is 12.0 Å². The van der Waals surface area contributed by atoms with Gasteiger partial charge in [0, 0.05) is 18.3 Å². The van der Waals surface area contributed by atoms with Gasteiger partial charge in [0.05, 0.1) is 23.4 Å². The second-order valence-electron chi connectivity index (χ2n) is 7.33. The molecule has 0 saturated carbocycles. The molecule has 2 aromatic heterocycles. The van der Waals surface area contributed by atoms with Gasteiger partial charge in [-0.25, -0.2) is 24.1 Å². The average molecular weight is 369 g/mol. The molecule has 0 saturated heterocycles. The molecular weight excluding hydrogens is 349 g/mol. The van der Waals surface area contributed by atoms with E-state index >= 15 is 0 Å². The quantitative estimate of drug-likeness (QED) is 0.716. The number of aromatic nitrogens is 4. The molecule has 3 rings (SSSR count). The number of carboxylic acid groups (broad SMARTS) is 1. The smallest absolute Gasteiger partial charge is 0.411 e. The summed E-state index contributed by atoms with van der Waals surface area (Å²) in [6.07, 6.45) is 1.96. The number of halogens is 1. The maximum atomic E-state index is 13.3. The van der Waals surface area contributed by atoms with Crippen molar-refractivity contribution in [3.8, 4) is 22.6 Å². The van der Waals surface area contributed by atoms with Crippen LogP contribution >= 0.6 is 0 Å². The van der Waals surface area contributed by atoms with Crippen LogP contribution in [0.1, 0.15) is 20.8 Å². The Labute approximate surface area is 155 Å². The van der Waals surface area contributed by atoms with Crippen molar-refractivity contribution in [3.05, 3.63) is 48.7 Å². The molecule has 140 valence electrons. The van der Waals surface area contributed by atoms with Gasteiger partial charge in [-0.1, -0.05) is 20.8 Å². The summed E-state index contributed by atoms with van der Waals surface area (Å²) in [5, 5.41) is 11.1. The van der Waals surface area contributed by atoms with Gasteiger partial charge in [-0.3, -0.25) is 5.32 Å². The number of hydrogen-bond acceptors (Lipinski definition) is 4. The lowest BCUT2D eigenvalue weighted by Gasteiger charge is -2.21. The number of rotatable bonds is 4. The minimum absolute atomic E-state index is 0.0198. The van der Waals surface area contributed by atoms with Crippen molar-refractivity contribution in [1.29, 1.82) is 0 Å². The van der Waals surface area contributed by atoms with Gasteiger partial charge in [0.25, 0.3) is 0 Å². The van der Waals surface area contributed by atoms with Gasteiger partial charge in [0.1, 0.15) is 5.82 Å². The number of nitrogens with one attached hydrogen (secondary N) is 1. The molecule has 0 fully saturated rings. The Bertz CT molecular complexity index is 961. The predicted molar refractivity (Wildman–Crippen MR) is 99.7 cm³/mol. The van der Waals surface area contributed by atoms with E-state index in [9.17, 15) is 9.18 Å². The lowest BCUT2D eigenvalue weighted by molar-refractivity contribution is 0.209. The summed E-state index contributed by atoms with van der Waals surface area (Å²) in [7, 11) is 0. The maximum Gasteiger partial charge on any atom is 0.411 e. The second-order valence-corrected chi connectivity index (χ2v) is 7.33. The van der Waals surface area contributed by atoms with E-state index < -0.39 is 6.09 Å². The minimum Gasteiger partial charge on any atom is -0.465 e. The van der Waals surface area contributed by atoms with E-state index in [2.05, 4.69) is 41.0 Å². The van der Waals surface area contributed by atoms with E-state index in [0.29, 0.717) is 23.6 Å². The molecule has 0 spiro atoms. The summed E-state index contributed by atoms with van der Waals surface area (Å²) >= 11 is 0. The fraction of sp³-hybridized carbons (Fsp3) is 0.263. The molecule has 2 heterocycles. The van der Waals surface area contributed by atoms with Gasteiger partial charge < -0.3 is 9.67 Å². The van der Waals surface area contributed by atoms with E-state index in [1.807, 2.05) is 4.57 Å². The largest absolute Gasteiger partial charge is 0.465 e. The molecule has 1 aromatic carbocycles. The highest BCUT2D eigenvalue weighted by Crippen LogP contribution is 2.32. The van der Waals surface area contributed by atoms with E-state index in [-0.39, 0.29) is 17.2 Å². The predicted octanol–water partition coefficient (Wildman–Crippen LogP) is 4.28. The SMILES string of the molecule is CC(C)(C)Cn1cnc(-c2ccc(F)cc2)c1-c1ccnc(NC(=O)O)n1. The van der Waals surface area contributed by atoms with Crippen molar-refractivity contribution < 1.29 is 14.3 Å². The molecule has 0 radical (unpaired) electrons. The zero-order valence-electron chi connectivity index (χ0n) is 15.3. The van der Waals surface area contributed by atoms with Crippen LogP contribution in [0.2, 0.25) is 0 Å². The molecule has 0 aliphatic heterocycles. The lowest BCUT2D eigenvalue weighted by Crippen LogP contribution is -2.16. The average Bonchev–Trinajstić information content (AvgIpc) is 2.96. The molecule has 3 aromatic rings. The summed E-state index contributed by atoms with van der Waals surface area (Å²) in [5.41, 5.74) is 2.59. The Balaban J connectivity index is 2.14. The third kappa shape index (κ3) is 4.46. The number of benzene rings is 1. The molecular formula is C19H20FN5O2. The maximum absolute atomic E-state index is 13.3. The first-order chi connectivity index (χ1) is 12.7. The van der Waals surface area contributed by atoms with Gasteiger partial charge in [0.15, 0.2) is 0 Å². The molecule has 7 nitrogen and oxygen atoms in total. The normalized spacial score (nSPS) is 11.4. The molecule has 0 aliphatic carbocycles. The van der Waals surface area contributed by atoms with Crippen LogP contribution < -0.4 is 5.32 Å². The van der Waals surface area contributed by atoms with Crippen molar-refractivity contribution in [2.75, 3.05) is 5.32 Å². The fourth-order valence-corrected chi connectivity index (χ4v) is 2.75. The van der Waals surface area contributed by atoms with E-state index in [0.717, 1.165) is 5.56 Å². The molecule has 27 heavy (non-hydrogen) atoms.